The third-order valence-corrected chi connectivity index (χ3v) is 7.45. The van der Waals surface area contributed by atoms with Gasteiger partial charge in [0.2, 0.25) is 5.91 Å². The first-order valence-electron chi connectivity index (χ1n) is 11.2. The molecule has 0 bridgehead atoms. The molecule has 33 heavy (non-hydrogen) atoms. The van der Waals surface area contributed by atoms with Gasteiger partial charge in [0.15, 0.2) is 0 Å². The summed E-state index contributed by atoms with van der Waals surface area (Å²) in [4.78, 5) is 27.9. The fourth-order valence-corrected chi connectivity index (χ4v) is 5.25. The SMILES string of the molecule is CCN(CC)C(=O)C1(NC(=O)c2ccc(S(=O)(=O)Nc3ccccc3F)cc2)CCCCC1. The third-order valence-electron chi connectivity index (χ3n) is 6.06. The van der Waals surface area contributed by atoms with Crippen molar-refractivity contribution in [1.29, 1.82) is 0 Å². The smallest absolute Gasteiger partial charge is 0.261 e. The van der Waals surface area contributed by atoms with Gasteiger partial charge in [0.05, 0.1) is 10.6 Å². The highest BCUT2D eigenvalue weighted by atomic mass is 32.2. The van der Waals surface area contributed by atoms with Gasteiger partial charge >= 0.3 is 0 Å². The lowest BCUT2D eigenvalue weighted by molar-refractivity contribution is -0.139. The lowest BCUT2D eigenvalue weighted by Crippen LogP contribution is -2.60. The predicted octanol–water partition coefficient (Wildman–Crippen LogP) is 3.93. The molecule has 3 rings (SSSR count). The zero-order valence-electron chi connectivity index (χ0n) is 18.9. The van der Waals surface area contributed by atoms with Gasteiger partial charge in [-0.1, -0.05) is 31.4 Å². The Kier molecular flexibility index (Phi) is 7.73. The van der Waals surface area contributed by atoms with E-state index in [0.29, 0.717) is 25.9 Å². The summed E-state index contributed by atoms with van der Waals surface area (Å²) < 4.78 is 41.2. The van der Waals surface area contributed by atoms with Gasteiger partial charge in [-0.25, -0.2) is 12.8 Å². The molecule has 0 aromatic heterocycles. The van der Waals surface area contributed by atoms with Crippen molar-refractivity contribution in [2.75, 3.05) is 17.8 Å². The van der Waals surface area contributed by atoms with Crippen LogP contribution in [0.5, 0.6) is 0 Å². The van der Waals surface area contributed by atoms with E-state index in [1.54, 1.807) is 4.90 Å². The Labute approximate surface area is 194 Å². The average molecular weight is 476 g/mol. The maximum Gasteiger partial charge on any atom is 0.261 e. The molecule has 2 aromatic carbocycles. The summed E-state index contributed by atoms with van der Waals surface area (Å²) in [6.07, 6.45) is 3.88. The number of sulfonamides is 1. The van der Waals surface area contributed by atoms with E-state index in [4.69, 9.17) is 0 Å². The van der Waals surface area contributed by atoms with Crippen LogP contribution in [0.4, 0.5) is 10.1 Å². The molecular weight excluding hydrogens is 445 g/mol. The van der Waals surface area contributed by atoms with Crippen molar-refractivity contribution in [3.8, 4) is 0 Å². The summed E-state index contributed by atoms with van der Waals surface area (Å²) in [5.74, 6) is -1.19. The van der Waals surface area contributed by atoms with Gasteiger partial charge in [-0.3, -0.25) is 14.3 Å². The van der Waals surface area contributed by atoms with E-state index >= 15 is 0 Å². The van der Waals surface area contributed by atoms with Crippen molar-refractivity contribution in [3.63, 3.8) is 0 Å². The van der Waals surface area contributed by atoms with Gasteiger partial charge in [0.25, 0.3) is 15.9 Å². The first kappa shape index (κ1) is 24.7. The van der Waals surface area contributed by atoms with E-state index in [1.165, 1.54) is 42.5 Å². The molecule has 0 atom stereocenters. The van der Waals surface area contributed by atoms with Crippen LogP contribution in [0.3, 0.4) is 0 Å². The number of amides is 2. The third kappa shape index (κ3) is 5.52. The average Bonchev–Trinajstić information content (AvgIpc) is 2.82. The maximum atomic E-state index is 13.8. The zero-order valence-corrected chi connectivity index (χ0v) is 19.8. The molecule has 2 aromatic rings. The molecule has 0 unspecified atom stereocenters. The standard InChI is InChI=1S/C24H30FN3O4S/c1-3-28(4-2)23(30)24(16-8-5-9-17-24)26-22(29)18-12-14-19(15-13-18)33(31,32)27-21-11-7-6-10-20(21)25/h6-7,10-15,27H,3-5,8-9,16-17H2,1-2H3,(H,26,29). The number of rotatable bonds is 8. The second kappa shape index (κ2) is 10.3. The molecule has 0 aliphatic heterocycles. The van der Waals surface area contributed by atoms with E-state index in [0.717, 1.165) is 25.3 Å². The summed E-state index contributed by atoms with van der Waals surface area (Å²) in [6.45, 7) is 4.95. The van der Waals surface area contributed by atoms with Crippen LogP contribution in [0.2, 0.25) is 0 Å². The van der Waals surface area contributed by atoms with Crippen LogP contribution in [-0.2, 0) is 14.8 Å². The maximum absolute atomic E-state index is 13.8. The summed E-state index contributed by atoms with van der Waals surface area (Å²) >= 11 is 0. The quantitative estimate of drug-likeness (QED) is 0.605. The minimum atomic E-state index is -4.03. The van der Waals surface area contributed by atoms with Crippen LogP contribution in [0.15, 0.2) is 53.4 Å². The number of nitrogens with one attached hydrogen (secondary N) is 2. The van der Waals surface area contributed by atoms with Gasteiger partial charge in [-0.05, 0) is 63.1 Å². The largest absolute Gasteiger partial charge is 0.341 e. The number of hydrogen-bond donors (Lipinski definition) is 2. The van der Waals surface area contributed by atoms with Crippen LogP contribution < -0.4 is 10.0 Å². The molecule has 9 heteroatoms. The lowest BCUT2D eigenvalue weighted by Gasteiger charge is -2.40. The predicted molar refractivity (Wildman–Crippen MR) is 125 cm³/mol. The molecule has 2 N–H and O–H groups in total. The lowest BCUT2D eigenvalue weighted by atomic mass is 9.80. The van der Waals surface area contributed by atoms with E-state index in [2.05, 4.69) is 10.0 Å². The van der Waals surface area contributed by atoms with Gasteiger partial charge in [0.1, 0.15) is 11.4 Å². The number of benzene rings is 2. The topological polar surface area (TPSA) is 95.6 Å². The van der Waals surface area contributed by atoms with Crippen molar-refractivity contribution in [2.45, 2.75) is 56.4 Å². The normalized spacial score (nSPS) is 15.5. The van der Waals surface area contributed by atoms with Crippen molar-refractivity contribution >= 4 is 27.5 Å². The molecule has 7 nitrogen and oxygen atoms in total. The monoisotopic (exact) mass is 475 g/mol. The van der Waals surface area contributed by atoms with E-state index in [1.807, 2.05) is 13.8 Å². The number of carbonyl (C=O) groups excluding carboxylic acids is 2. The first-order valence-corrected chi connectivity index (χ1v) is 12.7. The Morgan fingerprint density at radius 1 is 0.970 bits per heavy atom. The molecule has 0 spiro atoms. The molecular formula is C24H30FN3O4S. The number of halogens is 1. The van der Waals surface area contributed by atoms with Crippen LogP contribution >= 0.6 is 0 Å². The Hall–Kier alpha value is -2.94. The molecule has 0 radical (unpaired) electrons. The fourth-order valence-electron chi connectivity index (χ4n) is 4.18. The van der Waals surface area contributed by atoms with Gasteiger partial charge in [-0.2, -0.15) is 0 Å². The number of likely N-dealkylation sites (N-methyl/N-ethyl adjacent to an activating group) is 1. The minimum absolute atomic E-state index is 0.0752. The Morgan fingerprint density at radius 2 is 1.58 bits per heavy atom. The zero-order chi connectivity index (χ0) is 24.1. The van der Waals surface area contributed by atoms with Gasteiger partial charge in [-0.15, -0.1) is 0 Å². The molecule has 1 fully saturated rings. The number of carbonyl (C=O) groups is 2. The second-order valence-electron chi connectivity index (χ2n) is 8.18. The highest BCUT2D eigenvalue weighted by Gasteiger charge is 2.42. The van der Waals surface area contributed by atoms with Crippen molar-refractivity contribution in [1.82, 2.24) is 10.2 Å². The van der Waals surface area contributed by atoms with E-state index in [-0.39, 0.29) is 22.1 Å². The molecule has 1 saturated carbocycles. The van der Waals surface area contributed by atoms with Crippen molar-refractivity contribution in [2.24, 2.45) is 0 Å². The highest BCUT2D eigenvalue weighted by molar-refractivity contribution is 7.92. The minimum Gasteiger partial charge on any atom is -0.341 e. The van der Waals surface area contributed by atoms with E-state index in [9.17, 15) is 22.4 Å². The number of nitrogens with zero attached hydrogens (tertiary/aromatic N) is 1. The number of hydrogen-bond acceptors (Lipinski definition) is 4. The van der Waals surface area contributed by atoms with Crippen molar-refractivity contribution < 1.29 is 22.4 Å². The van der Waals surface area contributed by atoms with Gasteiger partial charge in [0, 0.05) is 18.7 Å². The first-order chi connectivity index (χ1) is 15.7. The Balaban J connectivity index is 1.78. The number of para-hydroxylation sites is 1. The summed E-state index contributed by atoms with van der Waals surface area (Å²) in [5.41, 5.74) is -0.857. The van der Waals surface area contributed by atoms with Crippen molar-refractivity contribution in [3.05, 3.63) is 59.9 Å². The highest BCUT2D eigenvalue weighted by Crippen LogP contribution is 2.31. The molecule has 1 aliphatic carbocycles. The van der Waals surface area contributed by atoms with E-state index < -0.39 is 27.3 Å². The molecule has 2 amide bonds. The fraction of sp³-hybridized carbons (Fsp3) is 0.417. The molecule has 178 valence electrons. The van der Waals surface area contributed by atoms with Crippen LogP contribution in [0.1, 0.15) is 56.3 Å². The molecule has 1 aliphatic rings. The Bertz CT molecular complexity index is 1090. The summed E-state index contributed by atoms with van der Waals surface area (Å²) in [5, 5.41) is 2.96. The van der Waals surface area contributed by atoms with Crippen LogP contribution in [0.25, 0.3) is 0 Å². The number of anilines is 1. The summed E-state index contributed by atoms with van der Waals surface area (Å²) in [7, 11) is -4.03. The summed E-state index contributed by atoms with van der Waals surface area (Å²) in [6, 6.07) is 10.8. The second-order valence-corrected chi connectivity index (χ2v) is 9.87. The molecule has 0 heterocycles. The van der Waals surface area contributed by atoms with Crippen LogP contribution in [-0.4, -0.2) is 43.8 Å². The molecule has 0 saturated heterocycles. The Morgan fingerprint density at radius 3 is 2.15 bits per heavy atom. The van der Waals surface area contributed by atoms with Crippen LogP contribution in [0, 0.1) is 5.82 Å². The van der Waals surface area contributed by atoms with Gasteiger partial charge < -0.3 is 10.2 Å².